The van der Waals surface area contributed by atoms with Crippen molar-refractivity contribution in [2.45, 2.75) is 12.2 Å². The van der Waals surface area contributed by atoms with Crippen LogP contribution in [0.3, 0.4) is 0 Å². The van der Waals surface area contributed by atoms with E-state index in [-0.39, 0.29) is 23.6 Å². The summed E-state index contributed by atoms with van der Waals surface area (Å²) in [6, 6.07) is 7.09. The summed E-state index contributed by atoms with van der Waals surface area (Å²) >= 11 is 0. The van der Waals surface area contributed by atoms with E-state index in [4.69, 9.17) is 5.26 Å². The lowest BCUT2D eigenvalue weighted by Gasteiger charge is -2.01. The highest BCUT2D eigenvalue weighted by molar-refractivity contribution is 7.90. The van der Waals surface area contributed by atoms with Gasteiger partial charge in [-0.2, -0.15) is 5.26 Å². The SMILES string of the molecule is N#CCCS(=O)(=O)Cc1ccc([N+](=O)[O-])cc1. The lowest BCUT2D eigenvalue weighted by molar-refractivity contribution is -0.384. The van der Waals surface area contributed by atoms with Crippen molar-refractivity contribution in [1.82, 2.24) is 0 Å². The van der Waals surface area contributed by atoms with Crippen molar-refractivity contribution in [3.63, 3.8) is 0 Å². The summed E-state index contributed by atoms with van der Waals surface area (Å²) < 4.78 is 23.0. The van der Waals surface area contributed by atoms with Gasteiger partial charge < -0.3 is 0 Å². The molecule has 17 heavy (non-hydrogen) atoms. The first-order chi connectivity index (χ1) is 7.94. The molecule has 0 fully saturated rings. The van der Waals surface area contributed by atoms with Gasteiger partial charge in [0.2, 0.25) is 0 Å². The van der Waals surface area contributed by atoms with E-state index in [2.05, 4.69) is 0 Å². The summed E-state index contributed by atoms with van der Waals surface area (Å²) in [6.45, 7) is 0. The summed E-state index contributed by atoms with van der Waals surface area (Å²) in [6.07, 6.45) is -0.0463. The van der Waals surface area contributed by atoms with E-state index in [1.54, 1.807) is 6.07 Å². The summed E-state index contributed by atoms with van der Waals surface area (Å²) in [4.78, 5) is 9.84. The summed E-state index contributed by atoms with van der Waals surface area (Å²) in [7, 11) is -3.32. The highest BCUT2D eigenvalue weighted by Gasteiger charge is 2.12. The largest absolute Gasteiger partial charge is 0.269 e. The third-order valence-corrected chi connectivity index (χ3v) is 3.66. The molecule has 0 N–H and O–H groups in total. The van der Waals surface area contributed by atoms with E-state index in [9.17, 15) is 18.5 Å². The van der Waals surface area contributed by atoms with E-state index in [1.165, 1.54) is 24.3 Å². The molecule has 6 nitrogen and oxygen atoms in total. The van der Waals surface area contributed by atoms with Gasteiger partial charge in [0.05, 0.1) is 22.5 Å². The van der Waals surface area contributed by atoms with Crippen LogP contribution in [0.15, 0.2) is 24.3 Å². The maximum Gasteiger partial charge on any atom is 0.269 e. The molecule has 0 radical (unpaired) electrons. The molecule has 7 heteroatoms. The minimum atomic E-state index is -3.32. The Labute approximate surface area is 98.6 Å². The molecule has 0 atom stereocenters. The van der Waals surface area contributed by atoms with Crippen molar-refractivity contribution in [3.8, 4) is 6.07 Å². The first-order valence-corrected chi connectivity index (χ1v) is 6.57. The predicted octanol–water partition coefficient (Wildman–Crippen LogP) is 1.42. The Morgan fingerprint density at radius 2 is 1.88 bits per heavy atom. The maximum atomic E-state index is 11.5. The number of hydrogen-bond acceptors (Lipinski definition) is 5. The Balaban J connectivity index is 2.76. The Bertz CT molecular complexity index is 543. The van der Waals surface area contributed by atoms with E-state index in [1.807, 2.05) is 0 Å². The molecule has 1 rings (SSSR count). The molecule has 0 aliphatic carbocycles. The Morgan fingerprint density at radius 3 is 2.35 bits per heavy atom. The van der Waals surface area contributed by atoms with Gasteiger partial charge >= 0.3 is 0 Å². The van der Waals surface area contributed by atoms with Crippen LogP contribution in [-0.2, 0) is 15.6 Å². The average Bonchev–Trinajstić information content (AvgIpc) is 2.26. The predicted molar refractivity (Wildman–Crippen MR) is 60.8 cm³/mol. The number of hydrogen-bond donors (Lipinski definition) is 0. The van der Waals surface area contributed by atoms with Gasteiger partial charge in [0.15, 0.2) is 9.84 Å². The van der Waals surface area contributed by atoms with E-state index >= 15 is 0 Å². The van der Waals surface area contributed by atoms with Gasteiger partial charge in [-0.15, -0.1) is 0 Å². The molecule has 1 aromatic rings. The van der Waals surface area contributed by atoms with Crippen molar-refractivity contribution in [2.75, 3.05) is 5.75 Å². The van der Waals surface area contributed by atoms with Crippen LogP contribution in [0.1, 0.15) is 12.0 Å². The number of rotatable bonds is 5. The number of benzene rings is 1. The van der Waals surface area contributed by atoms with Gasteiger partial charge in [0.25, 0.3) is 5.69 Å². The zero-order valence-electron chi connectivity index (χ0n) is 8.87. The molecular weight excluding hydrogens is 244 g/mol. The van der Waals surface area contributed by atoms with Crippen LogP contribution in [0, 0.1) is 21.4 Å². The van der Waals surface area contributed by atoms with E-state index in [0.717, 1.165) is 0 Å². The minimum absolute atomic E-state index is 0.0463. The number of nitrogens with zero attached hydrogens (tertiary/aromatic N) is 2. The molecule has 90 valence electrons. The molecule has 0 amide bonds. The molecule has 0 spiro atoms. The van der Waals surface area contributed by atoms with Crippen LogP contribution >= 0.6 is 0 Å². The number of non-ortho nitro benzene ring substituents is 1. The molecule has 0 aromatic heterocycles. The summed E-state index contributed by atoms with van der Waals surface area (Å²) in [5.41, 5.74) is 0.400. The summed E-state index contributed by atoms with van der Waals surface area (Å²) in [5.74, 6) is -0.396. The van der Waals surface area contributed by atoms with Gasteiger partial charge in [-0.05, 0) is 5.56 Å². The first-order valence-electron chi connectivity index (χ1n) is 4.75. The zero-order valence-corrected chi connectivity index (χ0v) is 9.68. The molecule has 0 bridgehead atoms. The third kappa shape index (κ3) is 4.20. The molecule has 0 heterocycles. The van der Waals surface area contributed by atoms with Crippen molar-refractivity contribution in [1.29, 1.82) is 5.26 Å². The molecule has 0 unspecified atom stereocenters. The number of nitro groups is 1. The van der Waals surface area contributed by atoms with Gasteiger partial charge in [0, 0.05) is 18.6 Å². The second-order valence-corrected chi connectivity index (χ2v) is 5.61. The standard InChI is InChI=1S/C10H10N2O4S/c11-6-1-7-17(15,16)8-9-2-4-10(5-3-9)12(13)14/h2-5H,1,7-8H2. The molecule has 1 aromatic carbocycles. The molecular formula is C10H10N2O4S. The Kier molecular flexibility index (Phi) is 4.17. The topological polar surface area (TPSA) is 101 Å². The minimum Gasteiger partial charge on any atom is -0.258 e. The molecule has 0 saturated heterocycles. The van der Waals surface area contributed by atoms with Crippen molar-refractivity contribution in [3.05, 3.63) is 39.9 Å². The monoisotopic (exact) mass is 254 g/mol. The molecule has 0 saturated carbocycles. The zero-order chi connectivity index (χ0) is 12.9. The lowest BCUT2D eigenvalue weighted by atomic mass is 10.2. The third-order valence-electron chi connectivity index (χ3n) is 2.06. The summed E-state index contributed by atoms with van der Waals surface area (Å²) in [5, 5.41) is 18.7. The highest BCUT2D eigenvalue weighted by Crippen LogP contribution is 2.14. The lowest BCUT2D eigenvalue weighted by Crippen LogP contribution is -2.08. The van der Waals surface area contributed by atoms with Gasteiger partial charge in [0.1, 0.15) is 0 Å². The van der Waals surface area contributed by atoms with Gasteiger partial charge in [-0.1, -0.05) is 12.1 Å². The highest BCUT2D eigenvalue weighted by atomic mass is 32.2. The second kappa shape index (κ2) is 5.41. The van der Waals surface area contributed by atoms with Crippen LogP contribution in [0.25, 0.3) is 0 Å². The quantitative estimate of drug-likeness (QED) is 0.584. The van der Waals surface area contributed by atoms with Crippen molar-refractivity contribution in [2.24, 2.45) is 0 Å². The fraction of sp³-hybridized carbons (Fsp3) is 0.300. The molecule has 0 aliphatic heterocycles. The Hall–Kier alpha value is -1.94. The van der Waals surface area contributed by atoms with E-state index in [0.29, 0.717) is 5.56 Å². The van der Waals surface area contributed by atoms with Crippen LogP contribution in [0.2, 0.25) is 0 Å². The van der Waals surface area contributed by atoms with Crippen molar-refractivity contribution < 1.29 is 13.3 Å². The smallest absolute Gasteiger partial charge is 0.258 e. The van der Waals surface area contributed by atoms with E-state index < -0.39 is 14.8 Å². The van der Waals surface area contributed by atoms with Crippen LogP contribution in [0.5, 0.6) is 0 Å². The fourth-order valence-electron chi connectivity index (χ4n) is 1.24. The number of nitriles is 1. The maximum absolute atomic E-state index is 11.5. The number of nitro benzene ring substituents is 1. The van der Waals surface area contributed by atoms with Crippen molar-refractivity contribution >= 4 is 15.5 Å². The molecule has 0 aliphatic rings. The normalized spacial score (nSPS) is 10.8. The van der Waals surface area contributed by atoms with Crippen LogP contribution in [0.4, 0.5) is 5.69 Å². The van der Waals surface area contributed by atoms with Gasteiger partial charge in [-0.3, -0.25) is 10.1 Å². The number of sulfone groups is 1. The first kappa shape index (κ1) is 13.1. The Morgan fingerprint density at radius 1 is 1.29 bits per heavy atom. The van der Waals surface area contributed by atoms with Crippen LogP contribution in [-0.4, -0.2) is 19.1 Å². The fourth-order valence-corrected chi connectivity index (χ4v) is 2.49. The van der Waals surface area contributed by atoms with Crippen LogP contribution < -0.4 is 0 Å². The van der Waals surface area contributed by atoms with Gasteiger partial charge in [-0.25, -0.2) is 8.42 Å². The average molecular weight is 254 g/mol. The second-order valence-electron chi connectivity index (χ2n) is 3.42.